The van der Waals surface area contributed by atoms with Crippen molar-refractivity contribution < 1.29 is 0 Å². The van der Waals surface area contributed by atoms with Crippen LogP contribution in [0.1, 0.15) is 33.4 Å². The third-order valence-electron chi connectivity index (χ3n) is 13.7. The van der Waals surface area contributed by atoms with E-state index in [-0.39, 0.29) is 0 Å². The maximum atomic E-state index is 4.98. The van der Waals surface area contributed by atoms with Crippen LogP contribution in [-0.2, 0) is 5.41 Å². The maximum Gasteiger partial charge on any atom is 0.181 e. The Kier molecular flexibility index (Phi) is 6.78. The second kappa shape index (κ2) is 12.1. The molecule has 4 nitrogen and oxygen atoms in total. The number of hydrogen-bond donors (Lipinski definition) is 0. The Labute approximate surface area is 349 Å². The van der Waals surface area contributed by atoms with Gasteiger partial charge in [0.1, 0.15) is 0 Å². The third-order valence-corrected chi connectivity index (χ3v) is 18.7. The van der Waals surface area contributed by atoms with Crippen LogP contribution in [0.2, 0.25) is 0 Å². The van der Waals surface area contributed by atoms with Crippen LogP contribution in [-0.4, -0.2) is 22.6 Å². The minimum Gasteiger partial charge on any atom is -0.310 e. The molecular weight excluding hydrogens is 745 g/mol. The Balaban J connectivity index is 1.14. The fourth-order valence-electron chi connectivity index (χ4n) is 11.5. The summed E-state index contributed by atoms with van der Waals surface area (Å²) in [6.45, 7) is 4.49. The molecule has 3 aliphatic rings. The Hall–Kier alpha value is -7.34. The molecule has 0 atom stereocenters. The number of aromatic nitrogens is 3. The summed E-state index contributed by atoms with van der Waals surface area (Å²) >= 11 is 0. The summed E-state index contributed by atoms with van der Waals surface area (Å²) in [7, 11) is -2.77. The van der Waals surface area contributed by atoms with Crippen LogP contribution in [0.5, 0.6) is 0 Å². The molecule has 0 saturated heterocycles. The van der Waals surface area contributed by atoms with Crippen LogP contribution < -0.4 is 25.6 Å². The van der Waals surface area contributed by atoms with Crippen molar-refractivity contribution in [1.29, 1.82) is 0 Å². The molecule has 0 bridgehead atoms. The number of nitrogens with zero attached hydrogens (tertiary/aromatic N) is 4. The number of anilines is 3. The van der Waals surface area contributed by atoms with E-state index in [4.69, 9.17) is 4.98 Å². The van der Waals surface area contributed by atoms with E-state index in [0.29, 0.717) is 0 Å². The van der Waals surface area contributed by atoms with Gasteiger partial charge in [-0.2, -0.15) is 0 Å². The summed E-state index contributed by atoms with van der Waals surface area (Å²) < 4.78 is 2.28. The number of rotatable bonds is 2. The van der Waals surface area contributed by atoms with Crippen LogP contribution in [0.4, 0.5) is 17.1 Å². The molecule has 0 aliphatic carbocycles. The number of aryl methyl sites for hydroxylation is 2. The second-order valence-electron chi connectivity index (χ2n) is 16.7. The van der Waals surface area contributed by atoms with Gasteiger partial charge in [0.05, 0.1) is 45.2 Å². The van der Waals surface area contributed by atoms with Gasteiger partial charge >= 0.3 is 0 Å². The van der Waals surface area contributed by atoms with Crippen molar-refractivity contribution in [2.75, 3.05) is 4.90 Å². The van der Waals surface area contributed by atoms with Gasteiger partial charge in [-0.25, -0.2) is 0 Å². The van der Waals surface area contributed by atoms with Crippen LogP contribution in [0.15, 0.2) is 195 Å². The molecule has 282 valence electrons. The fourth-order valence-corrected chi connectivity index (χ4v) is 17.2. The van der Waals surface area contributed by atoms with Crippen molar-refractivity contribution in [3.8, 4) is 16.8 Å². The normalized spacial score (nSPS) is 14.7. The summed E-state index contributed by atoms with van der Waals surface area (Å²) in [4.78, 5) is 12.0. The van der Waals surface area contributed by atoms with Gasteiger partial charge in [-0.1, -0.05) is 132 Å². The lowest BCUT2D eigenvalue weighted by Gasteiger charge is -2.53. The van der Waals surface area contributed by atoms with Gasteiger partial charge in [0, 0.05) is 23.5 Å². The predicted octanol–water partition coefficient (Wildman–Crippen LogP) is 10.0. The molecule has 3 aromatic heterocycles. The van der Waals surface area contributed by atoms with Crippen LogP contribution in [0.3, 0.4) is 0 Å². The molecule has 0 amide bonds. The van der Waals surface area contributed by atoms with Gasteiger partial charge in [0.15, 0.2) is 8.07 Å². The zero-order valence-corrected chi connectivity index (χ0v) is 34.3. The number of benzene rings is 7. The average Bonchev–Trinajstić information content (AvgIpc) is 3.79. The molecule has 0 saturated carbocycles. The van der Waals surface area contributed by atoms with E-state index < -0.39 is 13.5 Å². The first-order valence-electron chi connectivity index (χ1n) is 20.8. The van der Waals surface area contributed by atoms with Crippen molar-refractivity contribution >= 4 is 67.8 Å². The van der Waals surface area contributed by atoms with Gasteiger partial charge < -0.3 is 9.47 Å². The van der Waals surface area contributed by atoms with Gasteiger partial charge in [-0.3, -0.25) is 9.97 Å². The molecule has 3 aliphatic heterocycles. The van der Waals surface area contributed by atoms with E-state index in [2.05, 4.69) is 192 Å². The maximum absolute atomic E-state index is 4.98. The quantitative estimate of drug-likeness (QED) is 0.164. The molecule has 0 unspecified atom stereocenters. The molecular formula is C55H38N4Si. The van der Waals surface area contributed by atoms with Crippen molar-refractivity contribution in [3.63, 3.8) is 0 Å². The Morgan fingerprint density at radius 2 is 1.05 bits per heavy atom. The Morgan fingerprint density at radius 1 is 0.467 bits per heavy atom. The summed E-state index contributed by atoms with van der Waals surface area (Å²) in [5, 5.41) is 7.03. The largest absolute Gasteiger partial charge is 0.310 e. The zero-order valence-electron chi connectivity index (χ0n) is 33.3. The van der Waals surface area contributed by atoms with Gasteiger partial charge in [0.2, 0.25) is 0 Å². The monoisotopic (exact) mass is 782 g/mol. The number of fused-ring (bicyclic) bond motifs is 18. The average molecular weight is 783 g/mol. The van der Waals surface area contributed by atoms with Crippen LogP contribution >= 0.6 is 0 Å². The topological polar surface area (TPSA) is 34.0 Å². The van der Waals surface area contributed by atoms with Crippen LogP contribution in [0.25, 0.3) is 38.8 Å². The summed E-state index contributed by atoms with van der Waals surface area (Å²) in [5.41, 5.74) is 17.7. The summed E-state index contributed by atoms with van der Waals surface area (Å²) in [6, 6.07) is 66.9. The molecule has 10 aromatic rings. The van der Waals surface area contributed by atoms with Gasteiger partial charge in [-0.15, -0.1) is 0 Å². The van der Waals surface area contributed by atoms with Crippen molar-refractivity contribution in [2.24, 2.45) is 0 Å². The Bertz CT molecular complexity index is 3290. The van der Waals surface area contributed by atoms with Crippen molar-refractivity contribution in [1.82, 2.24) is 14.5 Å². The number of hydrogen-bond acceptors (Lipinski definition) is 3. The Morgan fingerprint density at radius 3 is 1.67 bits per heavy atom. The smallest absolute Gasteiger partial charge is 0.181 e. The standard InChI is InChI=1S/C55H38N4Si/c1-35-23-26-47-44(31-35)55(42-16-5-9-21-52(42)60(53-22-10-6-17-43(53)55)50-19-7-3-14-39(50)40-15-4-8-20-51(40)60)45-32-36(2)24-27-48(45)58(47)37-25-28-46-41(33-37)54-49(18-12-30-57-54)59(46)38-13-11-29-56-34-38/h3-34H,1-2H3. The molecule has 60 heavy (non-hydrogen) atoms. The molecule has 6 heterocycles. The van der Waals surface area contributed by atoms with E-state index in [9.17, 15) is 0 Å². The van der Waals surface area contributed by atoms with E-state index in [1.165, 1.54) is 76.6 Å². The molecule has 13 rings (SSSR count). The highest BCUT2D eigenvalue weighted by molar-refractivity contribution is 7.22. The zero-order chi connectivity index (χ0) is 39.7. The van der Waals surface area contributed by atoms with Crippen LogP contribution in [0, 0.1) is 13.8 Å². The second-order valence-corrected chi connectivity index (χ2v) is 20.3. The van der Waals surface area contributed by atoms with E-state index >= 15 is 0 Å². The van der Waals surface area contributed by atoms with Gasteiger partial charge in [-0.05, 0) is 123 Å². The molecule has 7 aromatic carbocycles. The lowest BCUT2D eigenvalue weighted by atomic mass is 9.61. The molecule has 5 heteroatoms. The molecule has 0 N–H and O–H groups in total. The lowest BCUT2D eigenvalue weighted by Crippen LogP contribution is -2.78. The highest BCUT2D eigenvalue weighted by atomic mass is 28.3. The van der Waals surface area contributed by atoms with Crippen molar-refractivity contribution in [2.45, 2.75) is 19.3 Å². The molecule has 2 spiro atoms. The van der Waals surface area contributed by atoms with E-state index in [1.54, 1.807) is 0 Å². The minimum atomic E-state index is -2.77. The predicted molar refractivity (Wildman–Crippen MR) is 249 cm³/mol. The summed E-state index contributed by atoms with van der Waals surface area (Å²) in [6.07, 6.45) is 5.65. The molecule has 0 radical (unpaired) electrons. The van der Waals surface area contributed by atoms with Crippen molar-refractivity contribution in [3.05, 3.63) is 228 Å². The minimum absolute atomic E-state index is 0.584. The molecule has 0 fully saturated rings. The van der Waals surface area contributed by atoms with Gasteiger partial charge in [0.25, 0.3) is 0 Å². The first kappa shape index (κ1) is 33.6. The fraction of sp³-hybridized carbons (Fsp3) is 0.0545. The first-order chi connectivity index (χ1) is 29.6. The summed E-state index contributed by atoms with van der Waals surface area (Å²) in [5.74, 6) is 0. The SMILES string of the molecule is Cc1ccc2c(c1)C1(c3cc(C)ccc3N2c2ccc3c(c2)c2ncccc2n3-c2cccnc2)c2ccccc2[Si]2(c3ccccc3-c3ccccc32)c2ccccc21. The van der Waals surface area contributed by atoms with E-state index in [1.807, 2.05) is 30.7 Å². The highest BCUT2D eigenvalue weighted by Gasteiger charge is 2.60. The first-order valence-corrected chi connectivity index (χ1v) is 22.8. The highest BCUT2D eigenvalue weighted by Crippen LogP contribution is 2.59. The van der Waals surface area contributed by atoms with E-state index in [0.717, 1.165) is 33.3 Å². The number of pyridine rings is 2. The lowest BCUT2D eigenvalue weighted by molar-refractivity contribution is 0.734. The third kappa shape index (κ3) is 4.09.